The van der Waals surface area contributed by atoms with Gasteiger partial charge in [0.15, 0.2) is 0 Å². The molecule has 1 N–H and O–H groups in total. The highest BCUT2D eigenvalue weighted by molar-refractivity contribution is 6.31. The Kier molecular flexibility index (Phi) is 5.46. The molecule has 4 heteroatoms. The fourth-order valence-corrected chi connectivity index (χ4v) is 2.99. The van der Waals surface area contributed by atoms with E-state index in [-0.39, 0.29) is 0 Å². The summed E-state index contributed by atoms with van der Waals surface area (Å²) >= 11 is 6.52. The molecule has 2 rings (SSSR count). The minimum absolute atomic E-state index is 0.332. The van der Waals surface area contributed by atoms with Gasteiger partial charge in [-0.3, -0.25) is 4.90 Å². The molecule has 0 aromatic heterocycles. The van der Waals surface area contributed by atoms with Crippen molar-refractivity contribution in [1.29, 1.82) is 0 Å². The molecule has 1 saturated heterocycles. The van der Waals surface area contributed by atoms with Gasteiger partial charge < -0.3 is 10.2 Å². The number of hydrogen-bond donors (Lipinski definition) is 1. The van der Waals surface area contributed by atoms with E-state index in [0.29, 0.717) is 6.04 Å². The third kappa shape index (κ3) is 3.54. The van der Waals surface area contributed by atoms with Crippen LogP contribution in [0.5, 0.6) is 0 Å². The van der Waals surface area contributed by atoms with Crippen LogP contribution in [0.25, 0.3) is 0 Å². The molecule has 1 aromatic rings. The summed E-state index contributed by atoms with van der Waals surface area (Å²) in [7, 11) is 4.06. The Labute approximate surface area is 127 Å². The standard InChI is InChI=1S/C16H24ClN3/c1-4-5-16(20-10-8-18-9-11-20)14-7-6-13(19(2)3)12-15(14)17/h4,6-7,12,16,18H,1,5,8-11H2,2-3H3/t16-/m0/s1. The van der Waals surface area contributed by atoms with Crippen LogP contribution in [-0.4, -0.2) is 45.2 Å². The lowest BCUT2D eigenvalue weighted by atomic mass is 10.0. The first-order chi connectivity index (χ1) is 9.63. The van der Waals surface area contributed by atoms with Crippen LogP contribution in [0.1, 0.15) is 18.0 Å². The van der Waals surface area contributed by atoms with Crippen molar-refractivity contribution in [2.75, 3.05) is 45.2 Å². The summed E-state index contributed by atoms with van der Waals surface area (Å²) in [5.41, 5.74) is 2.34. The Bertz CT molecular complexity index is 453. The Morgan fingerprint density at radius 3 is 2.65 bits per heavy atom. The van der Waals surface area contributed by atoms with Crippen LogP contribution >= 0.6 is 11.6 Å². The first-order valence-electron chi connectivity index (χ1n) is 7.16. The lowest BCUT2D eigenvalue weighted by molar-refractivity contribution is 0.174. The zero-order valence-corrected chi connectivity index (χ0v) is 13.2. The van der Waals surface area contributed by atoms with Gasteiger partial charge in [-0.05, 0) is 24.1 Å². The highest BCUT2D eigenvalue weighted by Crippen LogP contribution is 2.33. The van der Waals surface area contributed by atoms with E-state index in [1.165, 1.54) is 5.56 Å². The molecule has 1 heterocycles. The molecule has 0 bridgehead atoms. The van der Waals surface area contributed by atoms with Gasteiger partial charge in [-0.15, -0.1) is 6.58 Å². The molecule has 110 valence electrons. The molecule has 0 amide bonds. The van der Waals surface area contributed by atoms with E-state index in [4.69, 9.17) is 11.6 Å². The summed E-state index contributed by atoms with van der Waals surface area (Å²) in [5.74, 6) is 0. The molecule has 0 unspecified atom stereocenters. The van der Waals surface area contributed by atoms with Gasteiger partial charge >= 0.3 is 0 Å². The maximum Gasteiger partial charge on any atom is 0.0474 e. The van der Waals surface area contributed by atoms with Crippen LogP contribution < -0.4 is 10.2 Å². The monoisotopic (exact) mass is 293 g/mol. The number of hydrogen-bond acceptors (Lipinski definition) is 3. The number of rotatable bonds is 5. The molecule has 0 radical (unpaired) electrons. The van der Waals surface area contributed by atoms with E-state index < -0.39 is 0 Å². The zero-order chi connectivity index (χ0) is 14.5. The van der Waals surface area contributed by atoms with E-state index in [1.54, 1.807) is 0 Å². The van der Waals surface area contributed by atoms with Crippen molar-refractivity contribution in [3.05, 3.63) is 41.4 Å². The third-order valence-corrected chi connectivity index (χ3v) is 4.17. The molecule has 0 saturated carbocycles. The third-order valence-electron chi connectivity index (χ3n) is 3.84. The molecule has 1 aromatic carbocycles. The van der Waals surface area contributed by atoms with E-state index in [0.717, 1.165) is 43.3 Å². The minimum Gasteiger partial charge on any atom is -0.378 e. The normalized spacial score (nSPS) is 17.8. The lowest BCUT2D eigenvalue weighted by Crippen LogP contribution is -2.45. The van der Waals surface area contributed by atoms with Crippen LogP contribution in [-0.2, 0) is 0 Å². The summed E-state index contributed by atoms with van der Waals surface area (Å²) < 4.78 is 0. The second-order valence-corrected chi connectivity index (χ2v) is 5.83. The van der Waals surface area contributed by atoms with Crippen LogP contribution in [0.2, 0.25) is 5.02 Å². The van der Waals surface area contributed by atoms with Crippen molar-refractivity contribution < 1.29 is 0 Å². The van der Waals surface area contributed by atoms with E-state index >= 15 is 0 Å². The van der Waals surface area contributed by atoms with Gasteiger partial charge in [0.1, 0.15) is 0 Å². The fourth-order valence-electron chi connectivity index (χ4n) is 2.69. The first kappa shape index (κ1) is 15.4. The topological polar surface area (TPSA) is 18.5 Å². The number of anilines is 1. The second kappa shape index (κ2) is 7.11. The minimum atomic E-state index is 0.332. The molecule has 20 heavy (non-hydrogen) atoms. The van der Waals surface area contributed by atoms with Crippen molar-refractivity contribution >= 4 is 17.3 Å². The zero-order valence-electron chi connectivity index (χ0n) is 12.4. The molecule has 1 fully saturated rings. The summed E-state index contributed by atoms with van der Waals surface area (Å²) in [5, 5.41) is 4.24. The van der Waals surface area contributed by atoms with Crippen LogP contribution in [0.3, 0.4) is 0 Å². The largest absolute Gasteiger partial charge is 0.378 e. The summed E-state index contributed by atoms with van der Waals surface area (Å²) in [4.78, 5) is 4.57. The van der Waals surface area contributed by atoms with Crippen molar-refractivity contribution in [3.8, 4) is 0 Å². The van der Waals surface area contributed by atoms with Crippen molar-refractivity contribution in [1.82, 2.24) is 10.2 Å². The first-order valence-corrected chi connectivity index (χ1v) is 7.53. The van der Waals surface area contributed by atoms with Gasteiger partial charge in [0.25, 0.3) is 0 Å². The predicted octanol–water partition coefficient (Wildman–Crippen LogP) is 2.93. The van der Waals surface area contributed by atoms with E-state index in [1.807, 2.05) is 20.2 Å². The quantitative estimate of drug-likeness (QED) is 0.842. The van der Waals surface area contributed by atoms with Crippen LogP contribution in [0, 0.1) is 0 Å². The van der Waals surface area contributed by atoms with Crippen molar-refractivity contribution in [2.45, 2.75) is 12.5 Å². The summed E-state index contributed by atoms with van der Waals surface area (Å²) in [6, 6.07) is 6.68. The second-order valence-electron chi connectivity index (χ2n) is 5.43. The molecule has 0 aliphatic carbocycles. The number of benzene rings is 1. The van der Waals surface area contributed by atoms with E-state index in [9.17, 15) is 0 Å². The smallest absolute Gasteiger partial charge is 0.0474 e. The molecule has 1 atom stereocenters. The average molecular weight is 294 g/mol. The highest BCUT2D eigenvalue weighted by Gasteiger charge is 2.23. The maximum atomic E-state index is 6.52. The van der Waals surface area contributed by atoms with Gasteiger partial charge in [-0.2, -0.15) is 0 Å². The van der Waals surface area contributed by atoms with Crippen molar-refractivity contribution in [2.24, 2.45) is 0 Å². The SMILES string of the molecule is C=CC[C@@H](c1ccc(N(C)C)cc1Cl)N1CCNCC1. The van der Waals surface area contributed by atoms with Gasteiger partial charge in [0, 0.05) is 57.0 Å². The fraction of sp³-hybridized carbons (Fsp3) is 0.500. The number of nitrogens with one attached hydrogen (secondary N) is 1. The maximum absolute atomic E-state index is 6.52. The van der Waals surface area contributed by atoms with Crippen molar-refractivity contribution in [3.63, 3.8) is 0 Å². The Morgan fingerprint density at radius 1 is 1.40 bits per heavy atom. The number of halogens is 1. The van der Waals surface area contributed by atoms with Gasteiger partial charge in [-0.25, -0.2) is 0 Å². The van der Waals surface area contributed by atoms with Gasteiger partial charge in [0.2, 0.25) is 0 Å². The van der Waals surface area contributed by atoms with Crippen LogP contribution in [0.15, 0.2) is 30.9 Å². The number of piperazine rings is 1. The lowest BCUT2D eigenvalue weighted by Gasteiger charge is -2.35. The molecular weight excluding hydrogens is 270 g/mol. The summed E-state index contributed by atoms with van der Waals surface area (Å²) in [6.45, 7) is 8.11. The highest BCUT2D eigenvalue weighted by atomic mass is 35.5. The Hall–Kier alpha value is -1.03. The van der Waals surface area contributed by atoms with E-state index in [2.05, 4.69) is 39.9 Å². The Morgan fingerprint density at radius 2 is 2.10 bits per heavy atom. The average Bonchev–Trinajstić information content (AvgIpc) is 2.46. The molecular formula is C16H24ClN3. The molecule has 3 nitrogen and oxygen atoms in total. The molecule has 0 spiro atoms. The number of nitrogens with zero attached hydrogens (tertiary/aromatic N) is 2. The van der Waals surface area contributed by atoms with Gasteiger partial charge in [0.05, 0.1) is 0 Å². The van der Waals surface area contributed by atoms with Crippen LogP contribution in [0.4, 0.5) is 5.69 Å². The predicted molar refractivity (Wildman–Crippen MR) is 87.8 cm³/mol. The van der Waals surface area contributed by atoms with Gasteiger partial charge in [-0.1, -0.05) is 23.7 Å². The molecule has 1 aliphatic heterocycles. The molecule has 1 aliphatic rings. The Balaban J connectivity index is 2.26. The summed E-state index contributed by atoms with van der Waals surface area (Å²) in [6.07, 6.45) is 2.92.